The number of anilines is 2. The van der Waals surface area contributed by atoms with Gasteiger partial charge in [0.2, 0.25) is 5.91 Å². The summed E-state index contributed by atoms with van der Waals surface area (Å²) < 4.78 is 48.4. The highest BCUT2D eigenvalue weighted by Crippen LogP contribution is 2.32. The van der Waals surface area contributed by atoms with E-state index in [1.165, 1.54) is 57.7 Å². The third kappa shape index (κ3) is 6.47. The Kier molecular flexibility index (Phi) is 9.15. The summed E-state index contributed by atoms with van der Waals surface area (Å²) in [5, 5.41) is 2.52. The normalized spacial score (nSPS) is 10.8. The Balaban J connectivity index is 2.04. The van der Waals surface area contributed by atoms with Crippen LogP contribution in [-0.2, 0) is 24.3 Å². The largest absolute Gasteiger partial charge is 0.493 e. The summed E-state index contributed by atoms with van der Waals surface area (Å²) >= 11 is 0. The lowest BCUT2D eigenvalue weighted by molar-refractivity contribution is -0.114. The number of amides is 1. The van der Waals surface area contributed by atoms with Crippen molar-refractivity contribution >= 4 is 39.2 Å². The predicted molar refractivity (Wildman–Crippen MR) is 143 cm³/mol. The maximum absolute atomic E-state index is 13.8. The highest BCUT2D eigenvalue weighted by atomic mass is 32.2. The number of aryl methyl sites for hydroxylation is 1. The summed E-state index contributed by atoms with van der Waals surface area (Å²) in [6.45, 7) is 1.18. The van der Waals surface area contributed by atoms with Crippen molar-refractivity contribution in [2.24, 2.45) is 0 Å². The van der Waals surface area contributed by atoms with Crippen molar-refractivity contribution in [2.45, 2.75) is 11.8 Å². The molecule has 3 aromatic rings. The van der Waals surface area contributed by atoms with E-state index in [1.807, 2.05) is 6.92 Å². The first-order valence-corrected chi connectivity index (χ1v) is 12.9. The number of nitrogens with one attached hydrogen (secondary N) is 1. The standard InChI is InChI=1S/C27H28N2O9S/c1-17-6-9-19(10-7-17)29(39(33,34)20-11-13-23(35-2)24(15-20)36-3)16-25(30)28-22-14-18(26(31)37-4)8-12-21(22)27(32)38-5/h6-15H,16H2,1-5H3,(H,28,30). The predicted octanol–water partition coefficient (Wildman–Crippen LogP) is 3.42. The zero-order chi connectivity index (χ0) is 28.7. The van der Waals surface area contributed by atoms with Crippen LogP contribution in [0.2, 0.25) is 0 Å². The van der Waals surface area contributed by atoms with E-state index in [-0.39, 0.29) is 33.1 Å². The third-order valence-electron chi connectivity index (χ3n) is 5.67. The van der Waals surface area contributed by atoms with E-state index < -0.39 is 34.4 Å². The Bertz CT molecular complexity index is 1490. The minimum atomic E-state index is -4.30. The number of hydrogen-bond donors (Lipinski definition) is 1. The number of nitrogens with zero attached hydrogens (tertiary/aromatic N) is 1. The molecule has 0 bridgehead atoms. The summed E-state index contributed by atoms with van der Waals surface area (Å²) in [6, 6.07) is 14.5. The molecule has 0 fully saturated rings. The number of hydrogen-bond acceptors (Lipinski definition) is 9. The second-order valence-corrected chi connectivity index (χ2v) is 10.0. The fourth-order valence-corrected chi connectivity index (χ4v) is 5.07. The monoisotopic (exact) mass is 556 g/mol. The molecule has 206 valence electrons. The summed E-state index contributed by atoms with van der Waals surface area (Å²) in [7, 11) is 0.853. The van der Waals surface area contributed by atoms with Gasteiger partial charge in [-0.05, 0) is 49.4 Å². The molecular weight excluding hydrogens is 528 g/mol. The van der Waals surface area contributed by atoms with Crippen molar-refractivity contribution in [1.82, 2.24) is 0 Å². The molecule has 39 heavy (non-hydrogen) atoms. The smallest absolute Gasteiger partial charge is 0.339 e. The molecule has 3 rings (SSSR count). The van der Waals surface area contributed by atoms with E-state index in [0.717, 1.165) is 17.0 Å². The maximum Gasteiger partial charge on any atom is 0.339 e. The Morgan fingerprint density at radius 2 is 1.44 bits per heavy atom. The molecule has 0 heterocycles. The SMILES string of the molecule is COC(=O)c1ccc(C(=O)OC)c(NC(=O)CN(c2ccc(C)cc2)S(=O)(=O)c2ccc(OC)c(OC)c2)c1. The zero-order valence-electron chi connectivity index (χ0n) is 22.0. The van der Waals surface area contributed by atoms with Crippen molar-refractivity contribution < 1.29 is 41.7 Å². The number of carbonyl (C=O) groups is 3. The molecule has 0 saturated heterocycles. The summed E-state index contributed by atoms with van der Waals surface area (Å²) in [5.41, 5.74) is 1.08. The van der Waals surface area contributed by atoms with Crippen LogP contribution < -0.4 is 19.1 Å². The van der Waals surface area contributed by atoms with Gasteiger partial charge in [0.05, 0.1) is 55.8 Å². The molecule has 0 aliphatic rings. The lowest BCUT2D eigenvalue weighted by Gasteiger charge is -2.25. The summed E-state index contributed by atoms with van der Waals surface area (Å²) in [6.07, 6.45) is 0. The van der Waals surface area contributed by atoms with Gasteiger partial charge in [0.15, 0.2) is 11.5 Å². The van der Waals surface area contributed by atoms with Crippen molar-refractivity contribution in [1.29, 1.82) is 0 Å². The molecule has 0 saturated carbocycles. The first kappa shape index (κ1) is 29.0. The van der Waals surface area contributed by atoms with Gasteiger partial charge < -0.3 is 24.3 Å². The van der Waals surface area contributed by atoms with Crippen molar-refractivity contribution in [2.75, 3.05) is 44.6 Å². The number of rotatable bonds is 10. The fraction of sp³-hybridized carbons (Fsp3) is 0.222. The average Bonchev–Trinajstić information content (AvgIpc) is 2.95. The quantitative estimate of drug-likeness (QED) is 0.372. The summed E-state index contributed by atoms with van der Waals surface area (Å²) in [5.74, 6) is -1.73. The van der Waals surface area contributed by atoms with Crippen LogP contribution in [-0.4, -0.2) is 61.2 Å². The molecule has 1 amide bonds. The van der Waals surface area contributed by atoms with Gasteiger partial charge in [0, 0.05) is 6.07 Å². The van der Waals surface area contributed by atoms with Gasteiger partial charge in [-0.15, -0.1) is 0 Å². The average molecular weight is 557 g/mol. The van der Waals surface area contributed by atoms with Crippen LogP contribution in [0.15, 0.2) is 65.6 Å². The topological polar surface area (TPSA) is 138 Å². The number of ether oxygens (including phenoxy) is 4. The van der Waals surface area contributed by atoms with Crippen LogP contribution in [0, 0.1) is 6.92 Å². The van der Waals surface area contributed by atoms with Crippen LogP contribution in [0.4, 0.5) is 11.4 Å². The van der Waals surface area contributed by atoms with Crippen LogP contribution in [0.1, 0.15) is 26.3 Å². The van der Waals surface area contributed by atoms with Gasteiger partial charge in [0.1, 0.15) is 6.54 Å². The molecule has 12 heteroatoms. The molecule has 3 aromatic carbocycles. The second-order valence-electron chi connectivity index (χ2n) is 8.16. The second kappa shape index (κ2) is 12.3. The van der Waals surface area contributed by atoms with Gasteiger partial charge in [-0.25, -0.2) is 18.0 Å². The minimum absolute atomic E-state index is 0.0388. The lowest BCUT2D eigenvalue weighted by atomic mass is 10.1. The first-order valence-electron chi connectivity index (χ1n) is 11.5. The van der Waals surface area contributed by atoms with Crippen LogP contribution in [0.3, 0.4) is 0 Å². The molecule has 0 spiro atoms. The van der Waals surface area contributed by atoms with E-state index in [2.05, 4.69) is 5.32 Å². The van der Waals surface area contributed by atoms with Crippen molar-refractivity contribution in [3.8, 4) is 11.5 Å². The number of methoxy groups -OCH3 is 4. The summed E-state index contributed by atoms with van der Waals surface area (Å²) in [4.78, 5) is 37.4. The van der Waals surface area contributed by atoms with Crippen LogP contribution >= 0.6 is 0 Å². The van der Waals surface area contributed by atoms with Crippen molar-refractivity contribution in [3.05, 3.63) is 77.4 Å². The molecule has 0 atom stereocenters. The third-order valence-corrected chi connectivity index (χ3v) is 7.44. The van der Waals surface area contributed by atoms with E-state index in [0.29, 0.717) is 5.75 Å². The zero-order valence-corrected chi connectivity index (χ0v) is 22.8. The Labute approximate surface area is 226 Å². The van der Waals surface area contributed by atoms with Gasteiger partial charge in [-0.3, -0.25) is 9.10 Å². The van der Waals surface area contributed by atoms with E-state index >= 15 is 0 Å². The highest BCUT2D eigenvalue weighted by Gasteiger charge is 2.29. The van der Waals surface area contributed by atoms with Gasteiger partial charge in [0.25, 0.3) is 10.0 Å². The number of benzene rings is 3. The molecule has 1 N–H and O–H groups in total. The first-order chi connectivity index (χ1) is 18.5. The molecule has 11 nitrogen and oxygen atoms in total. The van der Waals surface area contributed by atoms with E-state index in [9.17, 15) is 22.8 Å². The number of sulfonamides is 1. The molecule has 0 radical (unpaired) electrons. The van der Waals surface area contributed by atoms with Gasteiger partial charge >= 0.3 is 11.9 Å². The molecular formula is C27H28N2O9S. The molecule has 0 aliphatic heterocycles. The van der Waals surface area contributed by atoms with Crippen LogP contribution in [0.5, 0.6) is 11.5 Å². The van der Waals surface area contributed by atoms with Crippen molar-refractivity contribution in [3.63, 3.8) is 0 Å². The molecule has 0 unspecified atom stereocenters. The number of esters is 2. The fourth-order valence-electron chi connectivity index (χ4n) is 3.63. The van der Waals surface area contributed by atoms with Gasteiger partial charge in [-0.1, -0.05) is 17.7 Å². The Hall–Kier alpha value is -4.58. The van der Waals surface area contributed by atoms with E-state index in [4.69, 9.17) is 18.9 Å². The molecule has 0 aliphatic carbocycles. The Morgan fingerprint density at radius 3 is 2.03 bits per heavy atom. The van der Waals surface area contributed by atoms with Gasteiger partial charge in [-0.2, -0.15) is 0 Å². The van der Waals surface area contributed by atoms with E-state index in [1.54, 1.807) is 24.3 Å². The Morgan fingerprint density at radius 1 is 0.795 bits per heavy atom. The minimum Gasteiger partial charge on any atom is -0.493 e. The lowest BCUT2D eigenvalue weighted by Crippen LogP contribution is -2.38. The van der Waals surface area contributed by atoms with Crippen LogP contribution in [0.25, 0.3) is 0 Å². The number of carbonyl (C=O) groups excluding carboxylic acids is 3. The maximum atomic E-state index is 13.8. The highest BCUT2D eigenvalue weighted by molar-refractivity contribution is 7.92. The molecule has 0 aromatic heterocycles.